The highest BCUT2D eigenvalue weighted by molar-refractivity contribution is 5.99. The average Bonchev–Trinajstić information content (AvgIpc) is 3.59. The van der Waals surface area contributed by atoms with Crippen LogP contribution in [0.15, 0.2) is 65.8 Å². The van der Waals surface area contributed by atoms with E-state index < -0.39 is 83.2 Å². The molecule has 8 atom stereocenters. The van der Waals surface area contributed by atoms with Crippen molar-refractivity contribution < 1.29 is 38.7 Å². The van der Waals surface area contributed by atoms with Crippen LogP contribution in [0.2, 0.25) is 0 Å². The molecular formula is C44H60N12O8. The maximum Gasteiger partial charge on any atom is 0.243 e. The van der Waals surface area contributed by atoms with Crippen LogP contribution >= 0.6 is 0 Å². The first-order valence-corrected chi connectivity index (χ1v) is 21.8. The van der Waals surface area contributed by atoms with E-state index in [1.807, 2.05) is 24.3 Å². The Kier molecular flexibility index (Phi) is 15.6. The molecule has 20 heteroatoms. The fraction of sp³-hybridized carbons (Fsp3) is 0.500. The molecule has 7 amide bonds. The van der Waals surface area contributed by atoms with E-state index in [1.54, 1.807) is 43.6 Å². The Balaban J connectivity index is 1.33. The standard InChI is InChI=1S/C44H60N12O8/c1-48-44-22-27(44)20-36(58)49-16-8-7-14-31(37(45)59)52-40(62)34(19-26-23-51-30-13-6-5-12-29(26)30)54-38(60)32(15-9-17-50-43(46)47)53-39(61)33(18-25-10-3-2-4-11-25)55-41(63)35-21-28(57)24-56(35)42(44)64/h2-6,10-13,23,27-28,31-35,48,51,57H,7-9,14-22,24H2,1H3,(H2,45,59)(H,49,58)(H,52,62)(H,53,61)(H,54,60)(H,55,63)(H4,46,47,50)/t27-,28-,31+,32+,33-,34+,35+,44?/m1/s1. The molecule has 3 aliphatic rings. The first kappa shape index (κ1) is 47.0. The topological polar surface area (TPSA) is 321 Å². The molecule has 2 aromatic carbocycles. The Bertz CT molecular complexity index is 2210. The van der Waals surface area contributed by atoms with E-state index in [9.17, 15) is 38.7 Å². The number of carbonyl (C=O) groups is 7. The molecule has 3 fully saturated rings. The lowest BCUT2D eigenvalue weighted by Crippen LogP contribution is -2.60. The maximum absolute atomic E-state index is 14.5. The number of nitrogens with one attached hydrogen (secondary N) is 7. The third-order valence-corrected chi connectivity index (χ3v) is 12.3. The first-order valence-electron chi connectivity index (χ1n) is 21.8. The Hall–Kier alpha value is -6.54. The van der Waals surface area contributed by atoms with Crippen molar-refractivity contribution in [2.75, 3.05) is 26.7 Å². The Morgan fingerprint density at radius 3 is 2.27 bits per heavy atom. The van der Waals surface area contributed by atoms with Gasteiger partial charge in [-0.05, 0) is 68.7 Å². The van der Waals surface area contributed by atoms with Crippen LogP contribution in [0.25, 0.3) is 10.9 Å². The number of hydrogen-bond donors (Lipinski definition) is 11. The number of aliphatic hydroxyl groups excluding tert-OH is 1. The van der Waals surface area contributed by atoms with Gasteiger partial charge in [0, 0.05) is 62.4 Å². The normalized spacial score (nSPS) is 27.7. The summed E-state index contributed by atoms with van der Waals surface area (Å²) in [4.78, 5) is 106. The molecule has 20 nitrogen and oxygen atoms in total. The number of aromatic nitrogens is 1. The summed E-state index contributed by atoms with van der Waals surface area (Å²) in [5.74, 6) is -4.95. The molecule has 64 heavy (non-hydrogen) atoms. The number of amides is 7. The van der Waals surface area contributed by atoms with Crippen molar-refractivity contribution in [3.05, 3.63) is 71.9 Å². The Morgan fingerprint density at radius 1 is 0.859 bits per heavy atom. The van der Waals surface area contributed by atoms with Crippen LogP contribution < -0.4 is 49.1 Å². The third kappa shape index (κ3) is 11.7. The average molecular weight is 885 g/mol. The molecule has 1 unspecified atom stereocenters. The number of carbonyl (C=O) groups excluding carboxylic acids is 7. The van der Waals surface area contributed by atoms with Gasteiger partial charge in [0.25, 0.3) is 0 Å². The summed E-state index contributed by atoms with van der Waals surface area (Å²) in [6.45, 7) is 0.233. The van der Waals surface area contributed by atoms with Crippen molar-refractivity contribution in [1.82, 2.24) is 41.8 Å². The van der Waals surface area contributed by atoms with Gasteiger partial charge in [0.05, 0.1) is 6.10 Å². The van der Waals surface area contributed by atoms with Gasteiger partial charge < -0.3 is 64.1 Å². The van der Waals surface area contributed by atoms with Crippen molar-refractivity contribution in [1.29, 1.82) is 0 Å². The summed E-state index contributed by atoms with van der Waals surface area (Å²) in [5.41, 5.74) is 17.9. The van der Waals surface area contributed by atoms with Crippen LogP contribution in [0.1, 0.15) is 62.5 Å². The van der Waals surface area contributed by atoms with E-state index in [2.05, 4.69) is 41.9 Å². The van der Waals surface area contributed by atoms with Crippen LogP contribution in [-0.4, -0.2) is 131 Å². The predicted octanol–water partition coefficient (Wildman–Crippen LogP) is -1.94. The maximum atomic E-state index is 14.5. The fourth-order valence-corrected chi connectivity index (χ4v) is 8.72. The van der Waals surface area contributed by atoms with Gasteiger partial charge in [0.1, 0.15) is 35.7 Å². The van der Waals surface area contributed by atoms with Gasteiger partial charge >= 0.3 is 0 Å². The molecule has 1 aromatic heterocycles. The highest BCUT2D eigenvalue weighted by Crippen LogP contribution is 2.48. The molecule has 0 spiro atoms. The van der Waals surface area contributed by atoms with E-state index in [0.29, 0.717) is 30.4 Å². The molecular weight excluding hydrogens is 825 g/mol. The number of benzene rings is 2. The first-order chi connectivity index (χ1) is 30.7. The zero-order chi connectivity index (χ0) is 46.0. The Labute approximate surface area is 370 Å². The minimum atomic E-state index is -1.28. The summed E-state index contributed by atoms with van der Waals surface area (Å²) in [5, 5.41) is 28.6. The number of H-pyrrole nitrogens is 1. The molecule has 1 aliphatic carbocycles. The predicted molar refractivity (Wildman–Crippen MR) is 236 cm³/mol. The van der Waals surface area contributed by atoms with Gasteiger partial charge in [-0.1, -0.05) is 48.5 Å². The van der Waals surface area contributed by atoms with E-state index in [1.165, 1.54) is 4.90 Å². The number of primary amides is 1. The quantitative estimate of drug-likeness (QED) is 0.0605. The number of fused-ring (bicyclic) bond motifs is 3. The highest BCUT2D eigenvalue weighted by atomic mass is 16.3. The Morgan fingerprint density at radius 2 is 1.53 bits per heavy atom. The van der Waals surface area contributed by atoms with E-state index in [0.717, 1.165) is 10.9 Å². The van der Waals surface area contributed by atoms with Crippen LogP contribution in [0.5, 0.6) is 0 Å². The van der Waals surface area contributed by atoms with Gasteiger partial charge in [0.2, 0.25) is 41.4 Å². The molecule has 3 aromatic rings. The van der Waals surface area contributed by atoms with Gasteiger partial charge in [0.15, 0.2) is 5.96 Å². The van der Waals surface area contributed by atoms with Gasteiger partial charge in [-0.3, -0.25) is 38.6 Å². The monoisotopic (exact) mass is 884 g/mol. The number of aliphatic hydroxyl groups is 1. The van der Waals surface area contributed by atoms with Gasteiger partial charge in [-0.15, -0.1) is 0 Å². The van der Waals surface area contributed by atoms with Gasteiger partial charge in [-0.2, -0.15) is 0 Å². The summed E-state index contributed by atoms with van der Waals surface area (Å²) < 4.78 is 0. The molecule has 2 aliphatic heterocycles. The molecule has 2 saturated heterocycles. The van der Waals surface area contributed by atoms with Crippen molar-refractivity contribution in [3.8, 4) is 0 Å². The minimum Gasteiger partial charge on any atom is -0.391 e. The number of likely N-dealkylation sites (N-methyl/N-ethyl adjacent to an activating group) is 1. The van der Waals surface area contributed by atoms with Crippen LogP contribution in [0.4, 0.5) is 0 Å². The number of nitrogens with zero attached hydrogens (tertiary/aromatic N) is 2. The van der Waals surface area contributed by atoms with Crippen molar-refractivity contribution in [3.63, 3.8) is 0 Å². The van der Waals surface area contributed by atoms with Crippen molar-refractivity contribution in [2.24, 2.45) is 28.1 Å². The van der Waals surface area contributed by atoms with Crippen LogP contribution in [-0.2, 0) is 46.4 Å². The summed E-state index contributed by atoms with van der Waals surface area (Å²) in [6.07, 6.45) is 2.13. The zero-order valence-corrected chi connectivity index (χ0v) is 35.9. The van der Waals surface area contributed by atoms with Gasteiger partial charge in [-0.25, -0.2) is 0 Å². The second-order valence-corrected chi connectivity index (χ2v) is 16.9. The number of rotatable bonds is 10. The molecule has 6 rings (SSSR count). The second-order valence-electron chi connectivity index (χ2n) is 16.9. The number of aromatic amines is 1. The van der Waals surface area contributed by atoms with Crippen LogP contribution in [0.3, 0.4) is 0 Å². The lowest BCUT2D eigenvalue weighted by Gasteiger charge is -2.30. The highest BCUT2D eigenvalue weighted by Gasteiger charge is 2.62. The summed E-state index contributed by atoms with van der Waals surface area (Å²) in [7, 11) is 1.61. The fourth-order valence-electron chi connectivity index (χ4n) is 8.72. The number of hydrogen-bond acceptors (Lipinski definition) is 10. The van der Waals surface area contributed by atoms with E-state index in [-0.39, 0.29) is 76.4 Å². The number of nitrogens with two attached hydrogens (primary N) is 3. The summed E-state index contributed by atoms with van der Waals surface area (Å²) in [6, 6.07) is 10.2. The second kappa shape index (κ2) is 21.2. The van der Waals surface area contributed by atoms with E-state index >= 15 is 0 Å². The van der Waals surface area contributed by atoms with E-state index in [4.69, 9.17) is 17.2 Å². The molecule has 0 bridgehead atoms. The largest absolute Gasteiger partial charge is 0.391 e. The number of guanidine groups is 1. The number of aliphatic imine (C=N–C) groups is 1. The molecule has 0 radical (unpaired) electrons. The lowest BCUT2D eigenvalue weighted by atomic mass is 10.0. The molecule has 14 N–H and O–H groups in total. The molecule has 344 valence electrons. The van der Waals surface area contributed by atoms with Crippen LogP contribution in [0, 0.1) is 5.92 Å². The SMILES string of the molecule is CNC12C[C@H]1CC(=O)NCCCC[C@@H](C(N)=O)NC(=O)[C@H](Cc1c[nH]c3ccccc13)NC(=O)[C@H](CCCN=C(N)N)NC(=O)[C@@H](Cc1ccccc1)NC(=O)[C@@H]1C[C@@H](O)CN1C2=O. The molecule has 1 saturated carbocycles. The third-order valence-electron chi connectivity index (χ3n) is 12.3. The lowest BCUT2D eigenvalue weighted by molar-refractivity contribution is -0.142. The molecule has 3 heterocycles. The zero-order valence-electron chi connectivity index (χ0n) is 35.9. The summed E-state index contributed by atoms with van der Waals surface area (Å²) >= 11 is 0. The minimum absolute atomic E-state index is 0.00654. The smallest absolute Gasteiger partial charge is 0.243 e. The van der Waals surface area contributed by atoms with Crippen molar-refractivity contribution >= 4 is 58.2 Å². The number of para-hydroxylation sites is 1. The van der Waals surface area contributed by atoms with Crippen molar-refractivity contribution in [2.45, 2.75) is 106 Å².